The molecule has 3 rings (SSSR count). The van der Waals surface area contributed by atoms with Crippen LogP contribution in [0.2, 0.25) is 0 Å². The minimum absolute atomic E-state index is 0.0187. The number of hydrogen-bond acceptors (Lipinski definition) is 3. The maximum absolute atomic E-state index is 12.6. The average molecular weight is 259 g/mol. The molecule has 0 saturated carbocycles. The summed E-state index contributed by atoms with van der Waals surface area (Å²) in [7, 11) is 0. The van der Waals surface area contributed by atoms with Crippen LogP contribution in [0.1, 0.15) is 23.8 Å². The molecule has 5 nitrogen and oxygen atoms in total. The van der Waals surface area contributed by atoms with Crippen molar-refractivity contribution in [1.82, 2.24) is 15.1 Å². The van der Waals surface area contributed by atoms with Gasteiger partial charge in [0.05, 0.1) is 11.6 Å². The number of carbonyl (C=O) groups is 1. The Balaban J connectivity index is 1.90. The summed E-state index contributed by atoms with van der Waals surface area (Å²) in [6.45, 7) is 4.06. The van der Waals surface area contributed by atoms with Gasteiger partial charge in [-0.2, -0.15) is 5.10 Å². The summed E-state index contributed by atoms with van der Waals surface area (Å²) >= 11 is 0. The zero-order valence-electron chi connectivity index (χ0n) is 10.9. The monoisotopic (exact) mass is 259 g/mol. The number of amides is 1. The molecule has 1 aliphatic heterocycles. The lowest BCUT2D eigenvalue weighted by molar-refractivity contribution is 0.0560. The Bertz CT molecular complexity index is 593. The van der Waals surface area contributed by atoms with Crippen molar-refractivity contribution in [2.45, 2.75) is 19.4 Å². The number of hydrogen-bond donors (Lipinski definition) is 1. The van der Waals surface area contributed by atoms with E-state index < -0.39 is 0 Å². The van der Waals surface area contributed by atoms with Crippen LogP contribution in [-0.2, 0) is 4.74 Å². The molecular weight excluding hydrogens is 242 g/mol. The molecule has 0 radical (unpaired) electrons. The second-order valence-corrected chi connectivity index (χ2v) is 4.90. The molecule has 2 heterocycles. The normalized spacial score (nSPS) is 20.5. The number of ether oxygens (including phenoxy) is 1. The molecule has 1 fully saturated rings. The summed E-state index contributed by atoms with van der Waals surface area (Å²) in [5, 5.41) is 7.96. The third-order valence-corrected chi connectivity index (χ3v) is 3.41. The number of carbonyl (C=O) groups excluding carboxylic acids is 1. The van der Waals surface area contributed by atoms with Gasteiger partial charge in [-0.15, -0.1) is 0 Å². The Morgan fingerprint density at radius 1 is 1.47 bits per heavy atom. The fraction of sp³-hybridized carbons (Fsp3) is 0.429. The van der Waals surface area contributed by atoms with Crippen molar-refractivity contribution in [3.8, 4) is 0 Å². The molecule has 100 valence electrons. The number of fused-ring (bicyclic) bond motifs is 1. The van der Waals surface area contributed by atoms with Gasteiger partial charge in [0.15, 0.2) is 5.69 Å². The smallest absolute Gasteiger partial charge is 0.275 e. The fourth-order valence-corrected chi connectivity index (χ4v) is 2.45. The van der Waals surface area contributed by atoms with Crippen LogP contribution in [-0.4, -0.2) is 46.8 Å². The van der Waals surface area contributed by atoms with E-state index in [1.165, 1.54) is 0 Å². The topological polar surface area (TPSA) is 58.2 Å². The number of aromatic nitrogens is 2. The van der Waals surface area contributed by atoms with E-state index in [9.17, 15) is 4.79 Å². The number of para-hydroxylation sites is 1. The summed E-state index contributed by atoms with van der Waals surface area (Å²) in [6, 6.07) is 7.69. The first kappa shape index (κ1) is 12.2. The van der Waals surface area contributed by atoms with Gasteiger partial charge in [0.25, 0.3) is 5.91 Å². The highest BCUT2D eigenvalue weighted by Crippen LogP contribution is 2.18. The Kier molecular flexibility index (Phi) is 3.21. The molecule has 0 aliphatic carbocycles. The molecule has 1 aromatic heterocycles. The van der Waals surface area contributed by atoms with Crippen molar-refractivity contribution >= 4 is 16.8 Å². The first-order chi connectivity index (χ1) is 9.25. The van der Waals surface area contributed by atoms with Crippen LogP contribution in [0.25, 0.3) is 10.9 Å². The van der Waals surface area contributed by atoms with Crippen LogP contribution in [0.15, 0.2) is 24.3 Å². The lowest BCUT2D eigenvalue weighted by Gasteiger charge is -2.21. The second-order valence-electron chi connectivity index (χ2n) is 4.90. The third kappa shape index (κ3) is 2.33. The zero-order valence-corrected chi connectivity index (χ0v) is 10.9. The number of aromatic amines is 1. The minimum atomic E-state index is -0.0187. The van der Waals surface area contributed by atoms with Gasteiger partial charge in [0, 0.05) is 25.1 Å². The molecule has 0 spiro atoms. The van der Waals surface area contributed by atoms with Crippen molar-refractivity contribution in [2.75, 3.05) is 19.7 Å². The lowest BCUT2D eigenvalue weighted by atomic mass is 10.2. The summed E-state index contributed by atoms with van der Waals surface area (Å²) in [4.78, 5) is 14.4. The summed E-state index contributed by atoms with van der Waals surface area (Å²) in [5.41, 5.74) is 1.40. The van der Waals surface area contributed by atoms with Crippen LogP contribution in [0.5, 0.6) is 0 Å². The van der Waals surface area contributed by atoms with Crippen molar-refractivity contribution in [1.29, 1.82) is 0 Å². The third-order valence-electron chi connectivity index (χ3n) is 3.41. The highest BCUT2D eigenvalue weighted by molar-refractivity contribution is 6.04. The fourth-order valence-electron chi connectivity index (χ4n) is 2.45. The molecule has 1 saturated heterocycles. The molecule has 1 N–H and O–H groups in total. The van der Waals surface area contributed by atoms with Gasteiger partial charge < -0.3 is 9.64 Å². The summed E-state index contributed by atoms with van der Waals surface area (Å²) < 4.78 is 5.57. The first-order valence-electron chi connectivity index (χ1n) is 6.59. The minimum Gasteiger partial charge on any atom is -0.377 e. The molecule has 5 heteroatoms. The summed E-state index contributed by atoms with van der Waals surface area (Å²) in [5.74, 6) is -0.0187. The lowest BCUT2D eigenvalue weighted by Crippen LogP contribution is -2.36. The van der Waals surface area contributed by atoms with Gasteiger partial charge >= 0.3 is 0 Å². The molecule has 2 aromatic rings. The van der Waals surface area contributed by atoms with Crippen LogP contribution < -0.4 is 0 Å². The predicted octanol–water partition coefficient (Wildman–Crippen LogP) is 1.81. The number of nitrogens with one attached hydrogen (secondary N) is 1. The number of nitrogens with zero attached hydrogens (tertiary/aromatic N) is 2. The quantitative estimate of drug-likeness (QED) is 0.849. The van der Waals surface area contributed by atoms with E-state index >= 15 is 0 Å². The highest BCUT2D eigenvalue weighted by Gasteiger charge is 2.24. The molecule has 1 unspecified atom stereocenters. The molecule has 1 aromatic carbocycles. The van der Waals surface area contributed by atoms with Gasteiger partial charge in [0.2, 0.25) is 0 Å². The Morgan fingerprint density at radius 3 is 3.21 bits per heavy atom. The standard InChI is InChI=1S/C14H17N3O2/c1-10-9-17(7-4-8-19-10)14(18)13-11-5-2-3-6-12(11)15-16-13/h2-3,5-6,10H,4,7-9H2,1H3,(H,15,16). The van der Waals surface area contributed by atoms with E-state index in [0.29, 0.717) is 18.8 Å². The molecule has 1 atom stereocenters. The van der Waals surface area contributed by atoms with Crippen LogP contribution in [0.3, 0.4) is 0 Å². The first-order valence-corrected chi connectivity index (χ1v) is 6.59. The molecule has 1 aliphatic rings. The highest BCUT2D eigenvalue weighted by atomic mass is 16.5. The van der Waals surface area contributed by atoms with Gasteiger partial charge in [-0.1, -0.05) is 18.2 Å². The van der Waals surface area contributed by atoms with E-state index in [1.54, 1.807) is 0 Å². The number of rotatable bonds is 1. The van der Waals surface area contributed by atoms with Crippen molar-refractivity contribution in [3.05, 3.63) is 30.0 Å². The van der Waals surface area contributed by atoms with Crippen LogP contribution >= 0.6 is 0 Å². The van der Waals surface area contributed by atoms with E-state index in [0.717, 1.165) is 23.9 Å². The molecule has 1 amide bonds. The largest absolute Gasteiger partial charge is 0.377 e. The van der Waals surface area contributed by atoms with E-state index in [2.05, 4.69) is 10.2 Å². The summed E-state index contributed by atoms with van der Waals surface area (Å²) in [6.07, 6.45) is 0.954. The van der Waals surface area contributed by atoms with Crippen molar-refractivity contribution < 1.29 is 9.53 Å². The Morgan fingerprint density at radius 2 is 2.32 bits per heavy atom. The van der Waals surface area contributed by atoms with Gasteiger partial charge in [-0.3, -0.25) is 9.89 Å². The maximum Gasteiger partial charge on any atom is 0.275 e. The SMILES string of the molecule is CC1CN(C(=O)c2n[nH]c3ccccc23)CCCO1. The van der Waals surface area contributed by atoms with E-state index in [1.807, 2.05) is 36.1 Å². The van der Waals surface area contributed by atoms with E-state index in [4.69, 9.17) is 4.74 Å². The van der Waals surface area contributed by atoms with Crippen LogP contribution in [0.4, 0.5) is 0 Å². The van der Waals surface area contributed by atoms with Gasteiger partial charge in [-0.25, -0.2) is 0 Å². The zero-order chi connectivity index (χ0) is 13.2. The second kappa shape index (κ2) is 5.01. The molecule has 19 heavy (non-hydrogen) atoms. The number of H-pyrrole nitrogens is 1. The van der Waals surface area contributed by atoms with Crippen molar-refractivity contribution in [3.63, 3.8) is 0 Å². The molecular formula is C14H17N3O2. The Labute approximate surface area is 111 Å². The molecule has 0 bridgehead atoms. The van der Waals surface area contributed by atoms with Crippen LogP contribution in [0, 0.1) is 0 Å². The predicted molar refractivity (Wildman–Crippen MR) is 72.0 cm³/mol. The maximum atomic E-state index is 12.6. The van der Waals surface area contributed by atoms with Crippen molar-refractivity contribution in [2.24, 2.45) is 0 Å². The Hall–Kier alpha value is -1.88. The average Bonchev–Trinajstić information content (AvgIpc) is 2.73. The van der Waals surface area contributed by atoms with E-state index in [-0.39, 0.29) is 12.0 Å². The van der Waals surface area contributed by atoms with Gasteiger partial charge in [0.1, 0.15) is 0 Å². The van der Waals surface area contributed by atoms with Gasteiger partial charge in [-0.05, 0) is 19.4 Å². The number of benzene rings is 1.